The zero-order valence-electron chi connectivity index (χ0n) is 16.0. The van der Waals surface area contributed by atoms with Crippen LogP contribution in [0.4, 0.5) is 16.0 Å². The van der Waals surface area contributed by atoms with Crippen LogP contribution < -0.4 is 11.1 Å². The smallest absolute Gasteiger partial charge is 0.166 e. The molecular formula is C20H22ClFN6O. The largest absolute Gasteiger partial charge is 0.384 e. The number of halogens is 2. The zero-order chi connectivity index (χ0) is 20.4. The fourth-order valence-corrected chi connectivity index (χ4v) is 3.95. The van der Waals surface area contributed by atoms with Crippen LogP contribution in [0.5, 0.6) is 0 Å². The molecule has 0 amide bonds. The fourth-order valence-electron chi connectivity index (χ4n) is 3.66. The van der Waals surface area contributed by atoms with Gasteiger partial charge in [0.05, 0.1) is 24.1 Å². The second-order valence-electron chi connectivity index (χ2n) is 7.04. The van der Waals surface area contributed by atoms with Crippen molar-refractivity contribution in [2.45, 2.75) is 19.1 Å². The quantitative estimate of drug-likeness (QED) is 0.659. The Hall–Kier alpha value is -2.55. The van der Waals surface area contributed by atoms with Crippen molar-refractivity contribution in [3.63, 3.8) is 0 Å². The predicted molar refractivity (Wildman–Crippen MR) is 111 cm³/mol. The van der Waals surface area contributed by atoms with Crippen LogP contribution in [-0.4, -0.2) is 52.2 Å². The van der Waals surface area contributed by atoms with Crippen LogP contribution in [-0.2, 0) is 4.74 Å². The molecule has 3 N–H and O–H groups in total. The highest BCUT2D eigenvalue weighted by atomic mass is 35.5. The first-order valence-electron chi connectivity index (χ1n) is 9.43. The number of ether oxygens (including phenoxy) is 1. The Morgan fingerprint density at radius 2 is 2.21 bits per heavy atom. The van der Waals surface area contributed by atoms with Crippen molar-refractivity contribution in [1.29, 1.82) is 0 Å². The average molecular weight is 417 g/mol. The van der Waals surface area contributed by atoms with Gasteiger partial charge in [-0.2, -0.15) is 0 Å². The van der Waals surface area contributed by atoms with E-state index >= 15 is 0 Å². The Labute approximate surface area is 173 Å². The normalized spacial score (nSPS) is 18.7. The predicted octanol–water partition coefficient (Wildman–Crippen LogP) is 3.27. The Morgan fingerprint density at radius 3 is 3.00 bits per heavy atom. The number of nitrogens with two attached hydrogens (primary N) is 1. The molecule has 0 spiro atoms. The van der Waals surface area contributed by atoms with E-state index in [4.69, 9.17) is 22.1 Å². The number of nitrogen functional groups attached to an aromatic ring is 1. The van der Waals surface area contributed by atoms with E-state index in [2.05, 4.69) is 25.2 Å². The molecule has 1 saturated heterocycles. The lowest BCUT2D eigenvalue weighted by Gasteiger charge is -2.38. The van der Waals surface area contributed by atoms with Gasteiger partial charge in [-0.05, 0) is 31.2 Å². The SMILES string of the molecule is CC1CN(C(CNc2ncnc3nc(N)ccc23)c2c(F)cccc2Cl)CCO1. The maximum Gasteiger partial charge on any atom is 0.166 e. The number of hydrogen-bond acceptors (Lipinski definition) is 7. The number of pyridine rings is 1. The molecule has 1 aliphatic heterocycles. The summed E-state index contributed by atoms with van der Waals surface area (Å²) in [5, 5.41) is 4.48. The van der Waals surface area contributed by atoms with Crippen LogP contribution in [0.25, 0.3) is 11.0 Å². The van der Waals surface area contributed by atoms with Gasteiger partial charge in [-0.25, -0.2) is 19.3 Å². The maximum absolute atomic E-state index is 14.8. The minimum atomic E-state index is -0.328. The Kier molecular flexibility index (Phi) is 5.75. The Morgan fingerprint density at radius 1 is 1.34 bits per heavy atom. The van der Waals surface area contributed by atoms with Crippen LogP contribution in [0.15, 0.2) is 36.7 Å². The standard InChI is InChI=1S/C20H22ClFN6O/c1-12-10-28(7-8-29-12)16(18-14(21)3-2-4-15(18)22)9-24-19-13-5-6-17(23)27-20(13)26-11-25-19/h2-6,11-12,16H,7-10H2,1H3,(H3,23,24,25,26,27). The number of aromatic nitrogens is 3. The zero-order valence-corrected chi connectivity index (χ0v) is 16.7. The number of nitrogens with zero attached hydrogens (tertiary/aromatic N) is 4. The molecule has 1 fully saturated rings. The first-order chi connectivity index (χ1) is 14.0. The minimum absolute atomic E-state index is 0.0591. The molecule has 2 aromatic heterocycles. The molecule has 0 radical (unpaired) electrons. The van der Waals surface area contributed by atoms with Crippen molar-refractivity contribution in [2.75, 3.05) is 37.3 Å². The highest BCUT2D eigenvalue weighted by Gasteiger charge is 2.29. The number of anilines is 2. The van der Waals surface area contributed by atoms with E-state index in [9.17, 15) is 4.39 Å². The van der Waals surface area contributed by atoms with E-state index in [1.807, 2.05) is 13.0 Å². The summed E-state index contributed by atoms with van der Waals surface area (Å²) in [6.45, 7) is 4.37. The minimum Gasteiger partial charge on any atom is -0.384 e. The number of benzene rings is 1. The summed E-state index contributed by atoms with van der Waals surface area (Å²) in [6, 6.07) is 7.99. The van der Waals surface area contributed by atoms with Gasteiger partial charge in [0.1, 0.15) is 23.8 Å². The lowest BCUT2D eigenvalue weighted by atomic mass is 10.0. The summed E-state index contributed by atoms with van der Waals surface area (Å²) in [7, 11) is 0. The topological polar surface area (TPSA) is 89.2 Å². The van der Waals surface area contributed by atoms with Crippen molar-refractivity contribution < 1.29 is 9.13 Å². The molecule has 2 atom stereocenters. The number of nitrogens with one attached hydrogen (secondary N) is 1. The Balaban J connectivity index is 1.66. The van der Waals surface area contributed by atoms with E-state index in [1.165, 1.54) is 12.4 Å². The molecule has 3 heterocycles. The third kappa shape index (κ3) is 4.24. The molecule has 1 aromatic carbocycles. The third-order valence-electron chi connectivity index (χ3n) is 5.03. The lowest BCUT2D eigenvalue weighted by molar-refractivity contribution is -0.0331. The van der Waals surface area contributed by atoms with Crippen LogP contribution in [0.3, 0.4) is 0 Å². The van der Waals surface area contributed by atoms with Crippen molar-refractivity contribution in [3.05, 3.63) is 53.1 Å². The second-order valence-corrected chi connectivity index (χ2v) is 7.45. The first-order valence-corrected chi connectivity index (χ1v) is 9.81. The van der Waals surface area contributed by atoms with Crippen molar-refractivity contribution in [1.82, 2.24) is 19.9 Å². The summed E-state index contributed by atoms with van der Waals surface area (Å²) in [5.41, 5.74) is 6.72. The number of morpholine rings is 1. The molecule has 0 saturated carbocycles. The van der Waals surface area contributed by atoms with Gasteiger partial charge in [0.2, 0.25) is 0 Å². The fraction of sp³-hybridized carbons (Fsp3) is 0.350. The van der Waals surface area contributed by atoms with Gasteiger partial charge in [-0.3, -0.25) is 4.90 Å². The summed E-state index contributed by atoms with van der Waals surface area (Å²) < 4.78 is 20.4. The van der Waals surface area contributed by atoms with Crippen molar-refractivity contribution in [3.8, 4) is 0 Å². The van der Waals surface area contributed by atoms with E-state index in [0.717, 1.165) is 5.39 Å². The highest BCUT2D eigenvalue weighted by Crippen LogP contribution is 2.32. The Bertz CT molecular complexity index is 999. The summed E-state index contributed by atoms with van der Waals surface area (Å²) in [6.07, 6.45) is 1.49. The number of rotatable bonds is 5. The van der Waals surface area contributed by atoms with Crippen molar-refractivity contribution in [2.24, 2.45) is 0 Å². The molecule has 1 aliphatic rings. The number of fused-ring (bicyclic) bond motifs is 1. The van der Waals surface area contributed by atoms with Crippen molar-refractivity contribution >= 4 is 34.3 Å². The highest BCUT2D eigenvalue weighted by molar-refractivity contribution is 6.31. The van der Waals surface area contributed by atoms with Crippen LogP contribution in [0.2, 0.25) is 5.02 Å². The summed E-state index contributed by atoms with van der Waals surface area (Å²) in [4.78, 5) is 14.9. The van der Waals surface area contributed by atoms with Gasteiger partial charge >= 0.3 is 0 Å². The maximum atomic E-state index is 14.8. The molecule has 2 unspecified atom stereocenters. The molecule has 152 valence electrons. The molecule has 9 heteroatoms. The number of hydrogen-bond donors (Lipinski definition) is 2. The van der Waals surface area contributed by atoms with Gasteiger partial charge in [0.25, 0.3) is 0 Å². The summed E-state index contributed by atoms with van der Waals surface area (Å²) >= 11 is 6.40. The lowest BCUT2D eigenvalue weighted by Crippen LogP contribution is -2.45. The summed E-state index contributed by atoms with van der Waals surface area (Å²) in [5.74, 6) is 0.673. The van der Waals surface area contributed by atoms with Gasteiger partial charge in [0.15, 0.2) is 5.65 Å². The molecule has 7 nitrogen and oxygen atoms in total. The second kappa shape index (κ2) is 8.44. The molecule has 29 heavy (non-hydrogen) atoms. The van der Waals surface area contributed by atoms with Gasteiger partial charge in [0, 0.05) is 30.2 Å². The average Bonchev–Trinajstić information content (AvgIpc) is 2.70. The van der Waals surface area contributed by atoms with E-state index < -0.39 is 0 Å². The van der Waals surface area contributed by atoms with Crippen LogP contribution in [0.1, 0.15) is 18.5 Å². The molecular weight excluding hydrogens is 395 g/mol. The van der Waals surface area contributed by atoms with E-state index in [0.29, 0.717) is 54.1 Å². The van der Waals surface area contributed by atoms with Crippen LogP contribution in [0, 0.1) is 5.82 Å². The third-order valence-corrected chi connectivity index (χ3v) is 5.36. The molecule has 0 aliphatic carbocycles. The van der Waals surface area contributed by atoms with Gasteiger partial charge in [-0.1, -0.05) is 17.7 Å². The first kappa shape index (κ1) is 19.8. The van der Waals surface area contributed by atoms with Crippen LogP contribution >= 0.6 is 11.6 Å². The molecule has 4 rings (SSSR count). The van der Waals surface area contributed by atoms with Gasteiger partial charge in [-0.15, -0.1) is 0 Å². The molecule has 0 bridgehead atoms. The monoisotopic (exact) mass is 416 g/mol. The van der Waals surface area contributed by atoms with E-state index in [1.54, 1.807) is 18.2 Å². The van der Waals surface area contributed by atoms with Gasteiger partial charge < -0.3 is 15.8 Å². The van der Waals surface area contributed by atoms with E-state index in [-0.39, 0.29) is 18.0 Å². The molecule has 3 aromatic rings.